The zero-order valence-corrected chi connectivity index (χ0v) is 21.7. The number of hydrogen-bond acceptors (Lipinski definition) is 5. The van der Waals surface area contributed by atoms with Gasteiger partial charge in [0.15, 0.2) is 0 Å². The van der Waals surface area contributed by atoms with E-state index in [4.69, 9.17) is 0 Å². The molecule has 32 heavy (non-hydrogen) atoms. The summed E-state index contributed by atoms with van der Waals surface area (Å²) < 4.78 is 31.6. The van der Waals surface area contributed by atoms with Crippen molar-refractivity contribution in [1.29, 1.82) is 0 Å². The number of urea groups is 1. The summed E-state index contributed by atoms with van der Waals surface area (Å²) in [5.74, 6) is 0. The van der Waals surface area contributed by atoms with Crippen LogP contribution < -0.4 is 43.9 Å². The molecule has 168 valence electrons. The fourth-order valence-electron chi connectivity index (χ4n) is 5.15. The first kappa shape index (κ1) is 23.6. The molecule has 1 aromatic carbocycles. The van der Waals surface area contributed by atoms with E-state index in [0.717, 1.165) is 55.3 Å². The molecule has 0 saturated carbocycles. The van der Waals surface area contributed by atoms with Crippen LogP contribution in [0.5, 0.6) is 0 Å². The van der Waals surface area contributed by atoms with Gasteiger partial charge in [-0.25, -0.2) is 13.8 Å². The Morgan fingerprint density at radius 1 is 1.12 bits per heavy atom. The number of likely N-dealkylation sites (tertiary alicyclic amines) is 1. The molecule has 3 aliphatic rings. The number of likely N-dealkylation sites (N-methyl/N-ethyl adjacent to an activating group) is 1. The maximum absolute atomic E-state index is 13.2. The number of nitrogens with zero attached hydrogens (tertiary/aromatic N) is 4. The van der Waals surface area contributed by atoms with Crippen LogP contribution in [-0.4, -0.2) is 55.3 Å². The van der Waals surface area contributed by atoms with Crippen LogP contribution in [0.3, 0.4) is 0 Å². The Morgan fingerprint density at radius 2 is 1.75 bits per heavy atom. The van der Waals surface area contributed by atoms with Crippen LogP contribution in [0.2, 0.25) is 0 Å². The van der Waals surface area contributed by atoms with Gasteiger partial charge in [0.25, 0.3) is 0 Å². The number of anilines is 2. The molecule has 2 aliphatic carbocycles. The molecule has 1 aromatic heterocycles. The molecule has 0 radical (unpaired) electrons. The van der Waals surface area contributed by atoms with Crippen molar-refractivity contribution in [3.8, 4) is 0 Å². The number of benzene rings is 1. The molecule has 5 rings (SSSR count). The van der Waals surface area contributed by atoms with Crippen LogP contribution in [0.25, 0.3) is 0 Å². The second-order valence-corrected chi connectivity index (χ2v) is 10.4. The van der Waals surface area contributed by atoms with E-state index in [2.05, 4.69) is 21.2 Å². The third-order valence-electron chi connectivity index (χ3n) is 6.51. The largest absolute Gasteiger partial charge is 1.00 e. The Morgan fingerprint density at radius 3 is 2.28 bits per heavy atom. The van der Waals surface area contributed by atoms with Crippen LogP contribution in [0, 0.1) is 0 Å². The molecular weight excluding hydrogens is 439 g/mol. The summed E-state index contributed by atoms with van der Waals surface area (Å²) in [5, 5.41) is 7.01. The van der Waals surface area contributed by atoms with E-state index >= 15 is 0 Å². The third kappa shape index (κ3) is 4.31. The molecule has 0 spiro atoms. The van der Waals surface area contributed by atoms with Crippen molar-refractivity contribution in [2.75, 3.05) is 29.8 Å². The minimum absolute atomic E-state index is 0. The van der Waals surface area contributed by atoms with Gasteiger partial charge in [0.1, 0.15) is 0 Å². The van der Waals surface area contributed by atoms with E-state index in [1.54, 1.807) is 17.9 Å². The van der Waals surface area contributed by atoms with E-state index in [9.17, 15) is 13.2 Å². The van der Waals surface area contributed by atoms with E-state index in [0.29, 0.717) is 18.8 Å². The summed E-state index contributed by atoms with van der Waals surface area (Å²) in [4.78, 5) is 14.9. The number of amides is 2. The molecule has 11 heteroatoms. The second-order valence-electron chi connectivity index (χ2n) is 8.84. The molecule has 2 aromatic rings. The van der Waals surface area contributed by atoms with Gasteiger partial charge >= 0.3 is 45.8 Å². The first-order valence-corrected chi connectivity index (χ1v) is 12.2. The zero-order valence-electron chi connectivity index (χ0n) is 19.9. The maximum Gasteiger partial charge on any atom is 1.00 e. The van der Waals surface area contributed by atoms with Gasteiger partial charge in [-0.2, -0.15) is 13.5 Å². The Balaban J connectivity index is 0.00000153. The molecule has 2 heterocycles. The van der Waals surface area contributed by atoms with Gasteiger partial charge in [-0.15, -0.1) is 0 Å². The van der Waals surface area contributed by atoms with Crippen LogP contribution in [0.1, 0.15) is 36.5 Å². The standard InChI is InChI=1S/C21H28N6O3S.Na.H/c1-25-11-17(12-25)27(16-10-22-26(2)13-16)31(29,30)24-21(28)23-20-18-7-3-5-14(18)9-15-6-4-8-19(15)20;;/h9-10,13,17H,3-8,11-12H2,1-2H3,(H2,23,24,28);;/q;+1;-1. The molecule has 0 bridgehead atoms. The number of nitrogens with one attached hydrogen (secondary N) is 2. The predicted octanol–water partition coefficient (Wildman–Crippen LogP) is -1.30. The topological polar surface area (TPSA) is 99.6 Å². The minimum Gasteiger partial charge on any atom is -1.00 e. The smallest absolute Gasteiger partial charge is 1.00 e. The number of fused-ring (bicyclic) bond motifs is 2. The van der Waals surface area contributed by atoms with Crippen molar-refractivity contribution >= 4 is 27.6 Å². The van der Waals surface area contributed by atoms with Crippen LogP contribution in [0.15, 0.2) is 18.5 Å². The molecule has 9 nitrogen and oxygen atoms in total. The van der Waals surface area contributed by atoms with Gasteiger partial charge in [0.05, 0.1) is 17.9 Å². The Labute approximate surface area is 212 Å². The van der Waals surface area contributed by atoms with Gasteiger partial charge < -0.3 is 11.6 Å². The summed E-state index contributed by atoms with van der Waals surface area (Å²) >= 11 is 0. The predicted molar refractivity (Wildman–Crippen MR) is 120 cm³/mol. The molecule has 0 unspecified atom stereocenters. The van der Waals surface area contributed by atoms with Gasteiger partial charge in [-0.05, 0) is 67.8 Å². The SMILES string of the molecule is CN1CC(N(c2cnn(C)c2)S(=O)(=O)NC(=O)Nc2c3c(cc4c2CCC4)CCC3)C1.[H-].[Na+]. The number of rotatable bonds is 5. The fraction of sp³-hybridized carbons (Fsp3) is 0.524. The van der Waals surface area contributed by atoms with Crippen molar-refractivity contribution in [1.82, 2.24) is 19.4 Å². The van der Waals surface area contributed by atoms with Crippen LogP contribution in [0.4, 0.5) is 16.2 Å². The monoisotopic (exact) mass is 468 g/mol. The van der Waals surface area contributed by atoms with E-state index < -0.39 is 16.2 Å². The van der Waals surface area contributed by atoms with E-state index in [1.165, 1.54) is 21.6 Å². The molecule has 2 amide bonds. The minimum atomic E-state index is -4.10. The number of carbonyl (C=O) groups excluding carboxylic acids is 1. The Hall–Kier alpha value is -1.59. The molecule has 1 fully saturated rings. The molecule has 2 N–H and O–H groups in total. The van der Waals surface area contributed by atoms with E-state index in [-0.39, 0.29) is 37.0 Å². The molecule has 0 atom stereocenters. The zero-order chi connectivity index (χ0) is 21.8. The van der Waals surface area contributed by atoms with Crippen LogP contribution in [-0.2, 0) is 42.9 Å². The number of aryl methyl sites for hydroxylation is 3. The van der Waals surface area contributed by atoms with Crippen molar-refractivity contribution in [2.24, 2.45) is 7.05 Å². The van der Waals surface area contributed by atoms with Gasteiger partial charge in [-0.1, -0.05) is 6.07 Å². The number of hydrogen-bond donors (Lipinski definition) is 2. The maximum atomic E-state index is 13.2. The first-order chi connectivity index (χ1) is 14.8. The number of carbonyl (C=O) groups is 1. The summed E-state index contributed by atoms with van der Waals surface area (Å²) in [6, 6.07) is 1.32. The van der Waals surface area contributed by atoms with Crippen LogP contribution >= 0.6 is 0 Å². The average Bonchev–Trinajstić information content (AvgIpc) is 3.40. The van der Waals surface area contributed by atoms with Gasteiger partial charge in [0.2, 0.25) is 0 Å². The third-order valence-corrected chi connectivity index (χ3v) is 7.98. The molecule has 1 aliphatic heterocycles. The molecular formula is C21H29N6NaO3S. The fourth-order valence-corrected chi connectivity index (χ4v) is 6.44. The van der Waals surface area contributed by atoms with Crippen molar-refractivity contribution < 1.29 is 44.2 Å². The summed E-state index contributed by atoms with van der Waals surface area (Å²) in [5.41, 5.74) is 6.17. The Bertz CT molecular complexity index is 1120. The van der Waals surface area contributed by atoms with Crippen molar-refractivity contribution in [3.05, 3.63) is 40.7 Å². The van der Waals surface area contributed by atoms with Crippen molar-refractivity contribution in [3.63, 3.8) is 0 Å². The summed E-state index contributed by atoms with van der Waals surface area (Å²) in [6.07, 6.45) is 9.15. The molecule has 1 saturated heterocycles. The second kappa shape index (κ2) is 8.98. The summed E-state index contributed by atoms with van der Waals surface area (Å²) in [7, 11) is -0.436. The average molecular weight is 469 g/mol. The van der Waals surface area contributed by atoms with E-state index in [1.807, 2.05) is 11.9 Å². The summed E-state index contributed by atoms with van der Waals surface area (Å²) in [6.45, 7) is 1.19. The Kier molecular flexibility index (Phi) is 6.61. The number of aromatic nitrogens is 2. The van der Waals surface area contributed by atoms with Crippen molar-refractivity contribution in [2.45, 2.75) is 44.6 Å². The first-order valence-electron chi connectivity index (χ1n) is 10.8. The van der Waals surface area contributed by atoms with Gasteiger partial charge in [-0.3, -0.25) is 4.68 Å². The van der Waals surface area contributed by atoms with Gasteiger partial charge in [0, 0.05) is 32.0 Å². The quantitative estimate of drug-likeness (QED) is 0.532. The normalized spacial score (nSPS) is 17.8.